The van der Waals surface area contributed by atoms with Crippen molar-refractivity contribution >= 4 is 12.2 Å². The van der Waals surface area contributed by atoms with E-state index in [4.69, 9.17) is 5.11 Å². The highest BCUT2D eigenvalue weighted by Crippen LogP contribution is 2.46. The normalized spacial score (nSPS) is 26.1. The summed E-state index contributed by atoms with van der Waals surface area (Å²) in [7, 11) is 2.13. The lowest BCUT2D eigenvalue weighted by Gasteiger charge is -2.59. The van der Waals surface area contributed by atoms with Gasteiger partial charge in [-0.25, -0.2) is 9.59 Å². The van der Waals surface area contributed by atoms with E-state index in [0.29, 0.717) is 12.5 Å². The number of nitrogens with zero attached hydrogens (tertiary/aromatic N) is 1. The van der Waals surface area contributed by atoms with Crippen molar-refractivity contribution in [3.8, 4) is 0 Å². The Hall–Kier alpha value is -1.50. The van der Waals surface area contributed by atoms with Gasteiger partial charge in [-0.05, 0) is 65.8 Å². The summed E-state index contributed by atoms with van der Waals surface area (Å²) in [6, 6.07) is -0.108. The van der Waals surface area contributed by atoms with Crippen molar-refractivity contribution in [3.05, 3.63) is 0 Å². The van der Waals surface area contributed by atoms with Crippen LogP contribution in [0.5, 0.6) is 0 Å². The number of hydrogen-bond acceptors (Lipinski definition) is 3. The topological polar surface area (TPSA) is 102 Å². The second-order valence-corrected chi connectivity index (χ2v) is 8.87. The summed E-state index contributed by atoms with van der Waals surface area (Å²) < 4.78 is 0. The Bertz CT molecular complexity index is 493. The van der Waals surface area contributed by atoms with Gasteiger partial charge in [-0.15, -0.1) is 0 Å². The summed E-state index contributed by atoms with van der Waals surface area (Å²) >= 11 is 0. The van der Waals surface area contributed by atoms with Gasteiger partial charge in [-0.2, -0.15) is 0 Å². The van der Waals surface area contributed by atoms with Crippen LogP contribution in [0, 0.1) is 11.8 Å². The maximum Gasteiger partial charge on any atom is 0.404 e. The first-order chi connectivity index (χ1) is 11.9. The molecule has 0 aromatic heterocycles. The molecule has 0 aromatic carbocycles. The van der Waals surface area contributed by atoms with Crippen LogP contribution in [0.2, 0.25) is 0 Å². The number of hydrogen-bond donors (Lipinski definition) is 4. The number of rotatable bonds is 8. The maximum absolute atomic E-state index is 11.4. The molecule has 0 radical (unpaired) electrons. The maximum atomic E-state index is 11.4. The summed E-state index contributed by atoms with van der Waals surface area (Å²) in [4.78, 5) is 24.2. The Labute approximate surface area is 157 Å². The molecule has 3 atom stereocenters. The number of amides is 2. The third kappa shape index (κ3) is 5.76. The number of carboxylic acid groups (broad SMARTS) is 2. The summed E-state index contributed by atoms with van der Waals surface area (Å²) in [6.45, 7) is 11.6. The predicted molar refractivity (Wildman–Crippen MR) is 103 cm³/mol. The van der Waals surface area contributed by atoms with Gasteiger partial charge in [0.1, 0.15) is 0 Å². The zero-order valence-corrected chi connectivity index (χ0v) is 17.1. The van der Waals surface area contributed by atoms with Crippen LogP contribution in [0.15, 0.2) is 0 Å². The molecule has 26 heavy (non-hydrogen) atoms. The summed E-state index contributed by atoms with van der Waals surface area (Å²) in [6.07, 6.45) is 2.34. The van der Waals surface area contributed by atoms with Gasteiger partial charge < -0.3 is 20.8 Å². The number of unbranched alkanes of at least 4 members (excludes halogenated alkanes) is 2. The van der Waals surface area contributed by atoms with Gasteiger partial charge in [-0.3, -0.25) is 4.90 Å². The second-order valence-electron chi connectivity index (χ2n) is 8.87. The van der Waals surface area contributed by atoms with E-state index in [2.05, 4.69) is 57.2 Å². The molecule has 4 N–H and O–H groups in total. The molecular weight excluding hydrogens is 334 g/mol. The lowest BCUT2D eigenvalue weighted by Crippen LogP contribution is -2.67. The molecule has 2 amide bonds. The van der Waals surface area contributed by atoms with Gasteiger partial charge in [0.25, 0.3) is 0 Å². The first-order valence-corrected chi connectivity index (χ1v) is 9.59. The Kier molecular flexibility index (Phi) is 7.74. The highest BCUT2D eigenvalue weighted by atomic mass is 16.4. The number of piperidine rings is 1. The first-order valence-electron chi connectivity index (χ1n) is 9.59. The monoisotopic (exact) mass is 371 g/mol. The van der Waals surface area contributed by atoms with E-state index in [1.807, 2.05) is 0 Å². The van der Waals surface area contributed by atoms with E-state index in [1.54, 1.807) is 0 Å². The van der Waals surface area contributed by atoms with Crippen molar-refractivity contribution < 1.29 is 19.8 Å². The molecule has 0 aliphatic carbocycles. The average Bonchev–Trinajstić information content (AvgIpc) is 2.46. The van der Waals surface area contributed by atoms with Gasteiger partial charge >= 0.3 is 12.2 Å². The fourth-order valence-corrected chi connectivity index (χ4v) is 5.00. The van der Waals surface area contributed by atoms with Crippen LogP contribution in [-0.4, -0.2) is 58.0 Å². The SMILES string of the molecule is CC1CC(C)(C)N(C)C(C)(C)C1C(CCCCCNC(=O)O)NC(=O)O. The van der Waals surface area contributed by atoms with Crippen LogP contribution in [0.25, 0.3) is 0 Å². The second kappa shape index (κ2) is 8.93. The Morgan fingerprint density at radius 3 is 2.27 bits per heavy atom. The Morgan fingerprint density at radius 2 is 1.73 bits per heavy atom. The third-order valence-corrected chi connectivity index (χ3v) is 6.23. The van der Waals surface area contributed by atoms with E-state index in [-0.39, 0.29) is 23.0 Å². The van der Waals surface area contributed by atoms with Crippen LogP contribution in [0.4, 0.5) is 9.59 Å². The standard InChI is InChI=1S/C19H37N3O4/c1-13-12-18(2,3)22(6)19(4,5)15(13)14(21-17(25)26)10-8-7-9-11-20-16(23)24/h13-15,20-21H,7-12H2,1-6H3,(H,23,24)(H,25,26). The average molecular weight is 372 g/mol. The molecule has 0 aromatic rings. The van der Waals surface area contributed by atoms with Crippen LogP contribution in [0.3, 0.4) is 0 Å². The largest absolute Gasteiger partial charge is 0.465 e. The lowest BCUT2D eigenvalue weighted by atomic mass is 9.63. The molecule has 0 spiro atoms. The molecule has 1 fully saturated rings. The molecular formula is C19H37N3O4. The highest BCUT2D eigenvalue weighted by molar-refractivity contribution is 5.65. The fraction of sp³-hybridized carbons (Fsp3) is 0.895. The molecule has 1 aliphatic rings. The minimum absolute atomic E-state index is 0.0791. The fourth-order valence-electron chi connectivity index (χ4n) is 5.00. The smallest absolute Gasteiger partial charge is 0.404 e. The van der Waals surface area contributed by atoms with Gasteiger partial charge in [0.05, 0.1) is 0 Å². The van der Waals surface area contributed by atoms with Crippen molar-refractivity contribution in [2.24, 2.45) is 11.8 Å². The predicted octanol–water partition coefficient (Wildman–Crippen LogP) is 3.60. The molecule has 7 heteroatoms. The summed E-state index contributed by atoms with van der Waals surface area (Å²) in [5.41, 5.74) is -0.0468. The van der Waals surface area contributed by atoms with E-state index < -0.39 is 12.2 Å². The summed E-state index contributed by atoms with van der Waals surface area (Å²) in [5, 5.41) is 23.1. The number of carbonyl (C=O) groups is 2. The van der Waals surface area contributed by atoms with Gasteiger partial charge in [0.15, 0.2) is 0 Å². The number of likely N-dealkylation sites (tertiary alicyclic amines) is 1. The van der Waals surface area contributed by atoms with E-state index in [0.717, 1.165) is 32.1 Å². The third-order valence-electron chi connectivity index (χ3n) is 6.23. The van der Waals surface area contributed by atoms with Gasteiger partial charge in [0.2, 0.25) is 0 Å². The lowest BCUT2D eigenvalue weighted by molar-refractivity contribution is -0.0851. The van der Waals surface area contributed by atoms with Gasteiger partial charge in [0, 0.05) is 23.7 Å². The Morgan fingerprint density at radius 1 is 1.12 bits per heavy atom. The molecule has 0 bridgehead atoms. The molecule has 7 nitrogen and oxygen atoms in total. The van der Waals surface area contributed by atoms with Crippen molar-refractivity contribution in [2.45, 2.75) is 83.8 Å². The molecule has 152 valence electrons. The minimum Gasteiger partial charge on any atom is -0.465 e. The van der Waals surface area contributed by atoms with Crippen LogP contribution in [-0.2, 0) is 0 Å². The van der Waals surface area contributed by atoms with E-state index in [9.17, 15) is 14.7 Å². The number of nitrogens with one attached hydrogen (secondary N) is 2. The molecule has 1 rings (SSSR count). The van der Waals surface area contributed by atoms with Gasteiger partial charge in [-0.1, -0.05) is 19.8 Å². The molecule has 3 unspecified atom stereocenters. The zero-order chi connectivity index (χ0) is 20.1. The highest BCUT2D eigenvalue weighted by Gasteiger charge is 2.51. The quantitative estimate of drug-likeness (QED) is 0.488. The van der Waals surface area contributed by atoms with Crippen molar-refractivity contribution in [1.29, 1.82) is 0 Å². The zero-order valence-electron chi connectivity index (χ0n) is 17.1. The van der Waals surface area contributed by atoms with Crippen molar-refractivity contribution in [2.75, 3.05) is 13.6 Å². The molecule has 1 saturated heterocycles. The van der Waals surface area contributed by atoms with Crippen LogP contribution >= 0.6 is 0 Å². The Balaban J connectivity index is 2.77. The summed E-state index contributed by atoms with van der Waals surface area (Å²) in [5.74, 6) is 0.621. The van der Waals surface area contributed by atoms with Crippen molar-refractivity contribution in [3.63, 3.8) is 0 Å². The van der Waals surface area contributed by atoms with Crippen LogP contribution < -0.4 is 10.6 Å². The molecule has 1 heterocycles. The van der Waals surface area contributed by atoms with Crippen LogP contribution in [0.1, 0.15) is 66.7 Å². The van der Waals surface area contributed by atoms with E-state index >= 15 is 0 Å². The minimum atomic E-state index is -1.00. The first kappa shape index (κ1) is 22.5. The van der Waals surface area contributed by atoms with E-state index in [1.165, 1.54) is 0 Å². The molecule has 0 saturated carbocycles. The van der Waals surface area contributed by atoms with Crippen molar-refractivity contribution in [1.82, 2.24) is 15.5 Å². The molecule has 1 aliphatic heterocycles.